The third-order valence-electron chi connectivity index (χ3n) is 2.42. The molecule has 1 amide bonds. The molecular weight excluding hydrogens is 235 g/mol. The normalized spacial score (nSPS) is 12.0. The zero-order valence-corrected chi connectivity index (χ0v) is 10.7. The Labute approximate surface area is 106 Å². The zero-order valence-electron chi connectivity index (χ0n) is 10.7. The van der Waals surface area contributed by atoms with Crippen LogP contribution in [0.3, 0.4) is 0 Å². The molecule has 3 N–H and O–H groups in total. The second-order valence-corrected chi connectivity index (χ2v) is 4.02. The molecule has 0 saturated heterocycles. The number of halogens is 1. The summed E-state index contributed by atoms with van der Waals surface area (Å²) >= 11 is 0. The third kappa shape index (κ3) is 4.33. The lowest BCUT2D eigenvalue weighted by molar-refractivity contribution is -0.121. The zero-order chi connectivity index (χ0) is 13.5. The van der Waals surface area contributed by atoms with E-state index >= 15 is 0 Å². The number of ether oxygens (including phenoxy) is 1. The van der Waals surface area contributed by atoms with Crippen molar-refractivity contribution in [3.05, 3.63) is 29.6 Å². The molecule has 1 aromatic carbocycles. The Bertz CT molecular complexity index is 408. The lowest BCUT2D eigenvalue weighted by Crippen LogP contribution is -2.24. The lowest BCUT2D eigenvalue weighted by Gasteiger charge is -2.14. The number of carbonyl (C=O) groups is 1. The summed E-state index contributed by atoms with van der Waals surface area (Å²) in [5, 5.41) is 2.67. The summed E-state index contributed by atoms with van der Waals surface area (Å²) in [6, 6.07) is 3.88. The molecule has 4 nitrogen and oxygen atoms in total. The quantitative estimate of drug-likeness (QED) is 0.813. The number of carbonyl (C=O) groups excluding carboxylic acids is 1. The van der Waals surface area contributed by atoms with Crippen LogP contribution in [0.1, 0.15) is 31.9 Å². The monoisotopic (exact) mass is 254 g/mol. The fraction of sp³-hybridized carbons (Fsp3) is 0.462. The summed E-state index contributed by atoms with van der Waals surface area (Å²) in [5.41, 5.74) is 6.34. The molecule has 0 bridgehead atoms. The van der Waals surface area contributed by atoms with Gasteiger partial charge >= 0.3 is 0 Å². The highest BCUT2D eigenvalue weighted by atomic mass is 19.1. The summed E-state index contributed by atoms with van der Waals surface area (Å²) < 4.78 is 18.5. The standard InChI is InChI=1S/C13H19FN2O2/c1-3-16-13(17)6-7-18-12-5-4-10(14)8-11(12)9(2)15/h4-5,8-9H,3,6-7,15H2,1-2H3,(H,16,17)/t9-/m0/s1. The van der Waals surface area contributed by atoms with E-state index < -0.39 is 0 Å². The molecule has 0 aliphatic heterocycles. The summed E-state index contributed by atoms with van der Waals surface area (Å²) in [6.07, 6.45) is 0.267. The van der Waals surface area contributed by atoms with Crippen molar-refractivity contribution in [2.45, 2.75) is 26.3 Å². The molecule has 0 fully saturated rings. The number of hydrogen-bond acceptors (Lipinski definition) is 3. The van der Waals surface area contributed by atoms with Gasteiger partial charge in [-0.2, -0.15) is 0 Å². The van der Waals surface area contributed by atoms with Gasteiger partial charge in [-0.3, -0.25) is 4.79 Å². The number of amides is 1. The van der Waals surface area contributed by atoms with E-state index in [9.17, 15) is 9.18 Å². The van der Waals surface area contributed by atoms with Gasteiger partial charge in [-0.1, -0.05) is 0 Å². The van der Waals surface area contributed by atoms with E-state index in [1.807, 2.05) is 6.92 Å². The van der Waals surface area contributed by atoms with Crippen LogP contribution in [0.5, 0.6) is 5.75 Å². The van der Waals surface area contributed by atoms with Crippen LogP contribution >= 0.6 is 0 Å². The Hall–Kier alpha value is -1.62. The SMILES string of the molecule is CCNC(=O)CCOc1ccc(F)cc1[C@H](C)N. The minimum Gasteiger partial charge on any atom is -0.493 e. The van der Waals surface area contributed by atoms with Crippen LogP contribution in [0.15, 0.2) is 18.2 Å². The Kier molecular flexibility index (Phi) is 5.58. The van der Waals surface area contributed by atoms with Gasteiger partial charge in [-0.05, 0) is 32.0 Å². The van der Waals surface area contributed by atoms with Crippen LogP contribution in [0.25, 0.3) is 0 Å². The number of rotatable bonds is 6. The minimum atomic E-state index is -0.349. The van der Waals surface area contributed by atoms with Gasteiger partial charge in [0.25, 0.3) is 0 Å². The van der Waals surface area contributed by atoms with Gasteiger partial charge in [0.05, 0.1) is 13.0 Å². The molecule has 0 radical (unpaired) electrons. The first kappa shape index (κ1) is 14.4. The van der Waals surface area contributed by atoms with E-state index in [2.05, 4.69) is 5.32 Å². The van der Waals surface area contributed by atoms with Crippen molar-refractivity contribution in [2.75, 3.05) is 13.2 Å². The Balaban J connectivity index is 2.59. The van der Waals surface area contributed by atoms with Gasteiger partial charge in [-0.15, -0.1) is 0 Å². The van der Waals surface area contributed by atoms with E-state index in [4.69, 9.17) is 10.5 Å². The molecule has 18 heavy (non-hydrogen) atoms. The summed E-state index contributed by atoms with van der Waals surface area (Å²) in [7, 11) is 0. The molecule has 0 aliphatic carbocycles. The molecule has 1 rings (SSSR count). The van der Waals surface area contributed by atoms with Crippen molar-refractivity contribution in [3.8, 4) is 5.75 Å². The molecule has 0 aromatic heterocycles. The third-order valence-corrected chi connectivity index (χ3v) is 2.42. The average molecular weight is 254 g/mol. The number of nitrogens with two attached hydrogens (primary N) is 1. The Morgan fingerprint density at radius 2 is 2.28 bits per heavy atom. The van der Waals surface area contributed by atoms with Crippen molar-refractivity contribution in [1.29, 1.82) is 0 Å². The molecule has 1 atom stereocenters. The van der Waals surface area contributed by atoms with Crippen LogP contribution in [0.2, 0.25) is 0 Å². The molecule has 1 aromatic rings. The molecule has 100 valence electrons. The van der Waals surface area contributed by atoms with E-state index in [0.29, 0.717) is 17.9 Å². The van der Waals surface area contributed by atoms with E-state index in [1.165, 1.54) is 18.2 Å². The molecular formula is C13H19FN2O2. The van der Waals surface area contributed by atoms with Crippen molar-refractivity contribution in [1.82, 2.24) is 5.32 Å². The van der Waals surface area contributed by atoms with Gasteiger partial charge in [0.1, 0.15) is 11.6 Å². The first-order chi connectivity index (χ1) is 8.54. The molecule has 5 heteroatoms. The van der Waals surface area contributed by atoms with E-state index in [1.54, 1.807) is 6.92 Å². The fourth-order valence-corrected chi connectivity index (χ4v) is 1.55. The van der Waals surface area contributed by atoms with Crippen LogP contribution in [-0.4, -0.2) is 19.1 Å². The molecule has 0 aliphatic rings. The van der Waals surface area contributed by atoms with Crippen LogP contribution in [0.4, 0.5) is 4.39 Å². The minimum absolute atomic E-state index is 0.0676. The Morgan fingerprint density at radius 1 is 1.56 bits per heavy atom. The second kappa shape index (κ2) is 6.96. The maximum Gasteiger partial charge on any atom is 0.223 e. The second-order valence-electron chi connectivity index (χ2n) is 4.02. The highest BCUT2D eigenvalue weighted by molar-refractivity contribution is 5.75. The summed E-state index contributed by atoms with van der Waals surface area (Å²) in [5.74, 6) is 0.107. The smallest absolute Gasteiger partial charge is 0.223 e. The summed E-state index contributed by atoms with van der Waals surface area (Å²) in [6.45, 7) is 4.45. The topological polar surface area (TPSA) is 64.3 Å². The highest BCUT2D eigenvalue weighted by Gasteiger charge is 2.10. The molecule has 0 saturated carbocycles. The first-order valence-electron chi connectivity index (χ1n) is 5.99. The Morgan fingerprint density at radius 3 is 2.89 bits per heavy atom. The van der Waals surface area contributed by atoms with Crippen molar-refractivity contribution in [2.24, 2.45) is 5.73 Å². The van der Waals surface area contributed by atoms with Crippen molar-refractivity contribution >= 4 is 5.91 Å². The maximum absolute atomic E-state index is 13.1. The average Bonchev–Trinajstić information content (AvgIpc) is 2.31. The number of benzene rings is 1. The van der Waals surface area contributed by atoms with Crippen LogP contribution in [-0.2, 0) is 4.79 Å². The molecule has 0 heterocycles. The fourth-order valence-electron chi connectivity index (χ4n) is 1.55. The lowest BCUT2D eigenvalue weighted by atomic mass is 10.1. The van der Waals surface area contributed by atoms with Crippen molar-refractivity contribution in [3.63, 3.8) is 0 Å². The first-order valence-corrected chi connectivity index (χ1v) is 5.99. The maximum atomic E-state index is 13.1. The van der Waals surface area contributed by atoms with Crippen LogP contribution in [0, 0.1) is 5.82 Å². The predicted molar refractivity (Wildman–Crippen MR) is 67.8 cm³/mol. The molecule has 0 spiro atoms. The predicted octanol–water partition coefficient (Wildman–Crippen LogP) is 1.75. The number of hydrogen-bond donors (Lipinski definition) is 2. The largest absolute Gasteiger partial charge is 0.493 e. The summed E-state index contributed by atoms with van der Waals surface area (Å²) in [4.78, 5) is 11.2. The van der Waals surface area contributed by atoms with Gasteiger partial charge in [-0.25, -0.2) is 4.39 Å². The number of nitrogens with one attached hydrogen (secondary N) is 1. The van der Waals surface area contributed by atoms with E-state index in [0.717, 1.165) is 0 Å². The van der Waals surface area contributed by atoms with E-state index in [-0.39, 0.29) is 30.8 Å². The van der Waals surface area contributed by atoms with Gasteiger partial charge in [0.15, 0.2) is 0 Å². The van der Waals surface area contributed by atoms with Gasteiger partial charge in [0, 0.05) is 18.2 Å². The van der Waals surface area contributed by atoms with Crippen molar-refractivity contribution < 1.29 is 13.9 Å². The highest BCUT2D eigenvalue weighted by Crippen LogP contribution is 2.24. The van der Waals surface area contributed by atoms with Gasteiger partial charge < -0.3 is 15.8 Å². The molecule has 0 unspecified atom stereocenters. The van der Waals surface area contributed by atoms with Gasteiger partial charge in [0.2, 0.25) is 5.91 Å². The van der Waals surface area contributed by atoms with Crippen LogP contribution < -0.4 is 15.8 Å².